The molecule has 2 aliphatic carbocycles. The largest absolute Gasteiger partial charge is 0.473 e. The Morgan fingerprint density at radius 2 is 2.10 bits per heavy atom. The summed E-state index contributed by atoms with van der Waals surface area (Å²) in [7, 11) is 0. The highest BCUT2D eigenvalue weighted by Gasteiger charge is 2.32. The van der Waals surface area contributed by atoms with E-state index in [0.717, 1.165) is 46.5 Å². The third kappa shape index (κ3) is 2.58. The highest BCUT2D eigenvalue weighted by molar-refractivity contribution is 5.88. The molecule has 0 saturated heterocycles. The zero-order chi connectivity index (χ0) is 19.5. The summed E-state index contributed by atoms with van der Waals surface area (Å²) < 4.78 is 10.2. The quantitative estimate of drug-likeness (QED) is 0.534. The van der Waals surface area contributed by atoms with Gasteiger partial charge >= 0.3 is 0 Å². The minimum Gasteiger partial charge on any atom is -0.473 e. The maximum atomic E-state index is 9.01. The molecule has 2 aliphatic rings. The minimum absolute atomic E-state index is 0.0284. The van der Waals surface area contributed by atoms with Crippen LogP contribution in [-0.4, -0.2) is 35.2 Å². The summed E-state index contributed by atoms with van der Waals surface area (Å²) in [6, 6.07) is 7.00. The van der Waals surface area contributed by atoms with E-state index in [2.05, 4.69) is 36.8 Å². The van der Waals surface area contributed by atoms with E-state index < -0.39 is 0 Å². The molecule has 4 aromatic heterocycles. The smallest absolute Gasteiger partial charge is 0.242 e. The zero-order valence-electron chi connectivity index (χ0n) is 16.0. The van der Waals surface area contributed by atoms with Gasteiger partial charge in [-0.3, -0.25) is 0 Å². The van der Waals surface area contributed by atoms with E-state index in [1.165, 1.54) is 19.2 Å². The first-order valence-electron chi connectivity index (χ1n) is 9.95. The van der Waals surface area contributed by atoms with Gasteiger partial charge < -0.3 is 9.30 Å². The van der Waals surface area contributed by atoms with Crippen molar-refractivity contribution >= 4 is 16.7 Å². The van der Waals surface area contributed by atoms with E-state index >= 15 is 0 Å². The predicted molar refractivity (Wildman–Crippen MR) is 105 cm³/mol. The maximum absolute atomic E-state index is 9.01. The van der Waals surface area contributed by atoms with E-state index in [-0.39, 0.29) is 12.0 Å². The molecular formula is C21H19N7O. The molecule has 6 rings (SSSR count). The van der Waals surface area contributed by atoms with E-state index in [0.29, 0.717) is 11.9 Å². The number of nitriles is 1. The average Bonchev–Trinajstić information content (AvgIpc) is 3.33. The summed E-state index contributed by atoms with van der Waals surface area (Å²) in [6.45, 7) is 2.04. The van der Waals surface area contributed by atoms with E-state index in [4.69, 9.17) is 10.00 Å². The molecule has 0 bridgehead atoms. The first kappa shape index (κ1) is 16.5. The van der Waals surface area contributed by atoms with Crippen molar-refractivity contribution in [1.82, 2.24) is 29.1 Å². The summed E-state index contributed by atoms with van der Waals surface area (Å²) in [5, 5.41) is 13.3. The maximum Gasteiger partial charge on any atom is 0.242 e. The second kappa shape index (κ2) is 6.01. The van der Waals surface area contributed by atoms with Gasteiger partial charge in [0.2, 0.25) is 5.88 Å². The van der Waals surface area contributed by atoms with Gasteiger partial charge in [-0.25, -0.2) is 14.5 Å². The normalized spacial score (nSPS) is 21.2. The Balaban J connectivity index is 1.44. The number of imidazole rings is 1. The highest BCUT2D eigenvalue weighted by Crippen LogP contribution is 2.40. The summed E-state index contributed by atoms with van der Waals surface area (Å²) in [5.41, 5.74) is 4.64. The van der Waals surface area contributed by atoms with Gasteiger partial charge in [-0.05, 0) is 31.9 Å². The number of aryl methyl sites for hydroxylation is 1. The lowest BCUT2D eigenvalue weighted by atomic mass is 9.83. The van der Waals surface area contributed by atoms with Crippen molar-refractivity contribution in [2.45, 2.75) is 44.8 Å². The molecule has 0 spiro atoms. The standard InChI is InChI=1S/C21H19N7O/c1-12-26-20-18(28(12)15-2-3-15)8-14(10-23-20)17-4-5-27-19(17)21(24-11-25-27)29-16-6-13(7-16)9-22/h4-5,8,10-11,13,15-16H,2-3,6-7H2,1H3. The Morgan fingerprint density at radius 3 is 2.90 bits per heavy atom. The SMILES string of the molecule is Cc1nc2ncc(-c3ccn4ncnc(OC5CC(C#N)C5)c34)cc2n1C1CC1. The number of hydrogen-bond acceptors (Lipinski definition) is 6. The molecule has 0 unspecified atom stereocenters. The molecule has 2 saturated carbocycles. The van der Waals surface area contributed by atoms with Crippen LogP contribution in [0.15, 0.2) is 30.9 Å². The van der Waals surface area contributed by atoms with E-state index in [1.807, 2.05) is 25.4 Å². The van der Waals surface area contributed by atoms with Gasteiger partial charge in [0, 0.05) is 42.4 Å². The van der Waals surface area contributed by atoms with Crippen LogP contribution in [0.4, 0.5) is 0 Å². The lowest BCUT2D eigenvalue weighted by molar-refractivity contribution is 0.0856. The number of hydrogen-bond donors (Lipinski definition) is 0. The Morgan fingerprint density at radius 1 is 1.24 bits per heavy atom. The van der Waals surface area contributed by atoms with Crippen LogP contribution in [0.2, 0.25) is 0 Å². The van der Waals surface area contributed by atoms with E-state index in [9.17, 15) is 0 Å². The van der Waals surface area contributed by atoms with Crippen molar-refractivity contribution in [2.75, 3.05) is 0 Å². The van der Waals surface area contributed by atoms with Crippen molar-refractivity contribution < 1.29 is 4.74 Å². The molecule has 8 nitrogen and oxygen atoms in total. The van der Waals surface area contributed by atoms with Gasteiger partial charge in [0.05, 0.1) is 17.5 Å². The van der Waals surface area contributed by atoms with Crippen LogP contribution < -0.4 is 4.74 Å². The fourth-order valence-corrected chi connectivity index (χ4v) is 4.20. The van der Waals surface area contributed by atoms with Crippen LogP contribution in [0.3, 0.4) is 0 Å². The Hall–Kier alpha value is -3.47. The number of aromatic nitrogens is 6. The van der Waals surface area contributed by atoms with Gasteiger partial charge in [0.15, 0.2) is 5.65 Å². The molecule has 29 heavy (non-hydrogen) atoms. The van der Waals surface area contributed by atoms with Crippen LogP contribution >= 0.6 is 0 Å². The second-order valence-electron chi connectivity index (χ2n) is 7.95. The van der Waals surface area contributed by atoms with Crippen LogP contribution in [0.1, 0.15) is 37.5 Å². The lowest BCUT2D eigenvalue weighted by Crippen LogP contribution is -2.33. The summed E-state index contributed by atoms with van der Waals surface area (Å²) in [4.78, 5) is 13.6. The van der Waals surface area contributed by atoms with Crippen LogP contribution in [0.5, 0.6) is 5.88 Å². The van der Waals surface area contributed by atoms with Gasteiger partial charge in [0.25, 0.3) is 0 Å². The van der Waals surface area contributed by atoms with E-state index in [1.54, 1.807) is 4.52 Å². The van der Waals surface area contributed by atoms with Gasteiger partial charge in [-0.15, -0.1) is 0 Å². The molecular weight excluding hydrogens is 366 g/mol. The molecule has 0 aliphatic heterocycles. The zero-order valence-corrected chi connectivity index (χ0v) is 16.0. The molecule has 4 heterocycles. The van der Waals surface area contributed by atoms with Gasteiger partial charge in [0.1, 0.15) is 23.8 Å². The van der Waals surface area contributed by atoms with Crippen molar-refractivity contribution in [3.05, 3.63) is 36.7 Å². The topological polar surface area (TPSA) is 93.9 Å². The van der Waals surface area contributed by atoms with Gasteiger partial charge in [-0.1, -0.05) is 0 Å². The lowest BCUT2D eigenvalue weighted by Gasteiger charge is -2.30. The molecule has 0 amide bonds. The molecule has 0 N–H and O–H groups in total. The fourth-order valence-electron chi connectivity index (χ4n) is 4.20. The third-order valence-corrected chi connectivity index (χ3v) is 5.92. The summed E-state index contributed by atoms with van der Waals surface area (Å²) in [5.74, 6) is 1.65. The number of pyridine rings is 1. The Kier molecular flexibility index (Phi) is 3.42. The molecule has 8 heteroatoms. The average molecular weight is 385 g/mol. The third-order valence-electron chi connectivity index (χ3n) is 5.92. The molecule has 0 atom stereocenters. The summed E-state index contributed by atoms with van der Waals surface area (Å²) in [6.07, 6.45) is 9.18. The Labute approximate surface area is 166 Å². The van der Waals surface area contributed by atoms with Crippen LogP contribution in [-0.2, 0) is 0 Å². The fraction of sp³-hybridized carbons (Fsp3) is 0.381. The predicted octanol–water partition coefficient (Wildman–Crippen LogP) is 3.47. The minimum atomic E-state index is 0.0284. The van der Waals surface area contributed by atoms with Gasteiger partial charge in [-0.2, -0.15) is 15.3 Å². The van der Waals surface area contributed by atoms with Crippen LogP contribution in [0.25, 0.3) is 27.8 Å². The molecule has 0 aromatic carbocycles. The number of ether oxygens (including phenoxy) is 1. The number of rotatable bonds is 4. The second-order valence-corrected chi connectivity index (χ2v) is 7.95. The monoisotopic (exact) mass is 385 g/mol. The van der Waals surface area contributed by atoms with Crippen molar-refractivity contribution in [1.29, 1.82) is 5.26 Å². The number of nitrogens with zero attached hydrogens (tertiary/aromatic N) is 7. The molecule has 4 aromatic rings. The Bertz CT molecular complexity index is 1290. The first-order valence-corrected chi connectivity index (χ1v) is 9.95. The van der Waals surface area contributed by atoms with Crippen LogP contribution in [0, 0.1) is 24.2 Å². The molecule has 144 valence electrons. The van der Waals surface area contributed by atoms with Crippen molar-refractivity contribution in [3.63, 3.8) is 0 Å². The summed E-state index contributed by atoms with van der Waals surface area (Å²) >= 11 is 0. The van der Waals surface area contributed by atoms with Crippen molar-refractivity contribution in [2.24, 2.45) is 5.92 Å². The number of fused-ring (bicyclic) bond motifs is 2. The van der Waals surface area contributed by atoms with Crippen molar-refractivity contribution in [3.8, 4) is 23.1 Å². The molecule has 0 radical (unpaired) electrons. The highest BCUT2D eigenvalue weighted by atomic mass is 16.5. The first-order chi connectivity index (χ1) is 14.2. The molecule has 2 fully saturated rings.